The third-order valence-electron chi connectivity index (χ3n) is 5.86. The molecule has 0 aliphatic heterocycles. The lowest BCUT2D eigenvalue weighted by Crippen LogP contribution is -2.66. The van der Waals surface area contributed by atoms with E-state index in [0.717, 1.165) is 19.4 Å². The third-order valence-corrected chi connectivity index (χ3v) is 10.9. The number of rotatable bonds is 9. The molecule has 2 aromatic carbocycles. The Balaban J connectivity index is 2.35. The van der Waals surface area contributed by atoms with Crippen molar-refractivity contribution in [3.05, 3.63) is 60.7 Å². The SMILES string of the molecule is C[C@@H](CCO)[C@@H](C)CCO[Si](c1ccccc1)(c1ccccc1)C(C)(C)C. The first-order chi connectivity index (χ1) is 12.8. The van der Waals surface area contributed by atoms with E-state index in [0.29, 0.717) is 11.8 Å². The Hall–Kier alpha value is -1.42. The minimum absolute atomic E-state index is 0.0235. The first kappa shape index (κ1) is 21.9. The van der Waals surface area contributed by atoms with Crippen LogP contribution in [-0.2, 0) is 4.43 Å². The van der Waals surface area contributed by atoms with E-state index in [2.05, 4.69) is 95.3 Å². The van der Waals surface area contributed by atoms with Crippen molar-refractivity contribution in [2.45, 2.75) is 52.5 Å². The zero-order valence-corrected chi connectivity index (χ0v) is 18.6. The predicted octanol–water partition coefficient (Wildman–Crippen LogP) is 4.61. The van der Waals surface area contributed by atoms with E-state index in [1.54, 1.807) is 0 Å². The highest BCUT2D eigenvalue weighted by Gasteiger charge is 2.50. The highest BCUT2D eigenvalue weighted by atomic mass is 28.4. The van der Waals surface area contributed by atoms with Crippen LogP contribution < -0.4 is 10.4 Å². The topological polar surface area (TPSA) is 29.5 Å². The molecule has 0 saturated heterocycles. The van der Waals surface area contributed by atoms with Crippen molar-refractivity contribution in [1.82, 2.24) is 0 Å². The van der Waals surface area contributed by atoms with Gasteiger partial charge in [0, 0.05) is 13.2 Å². The van der Waals surface area contributed by atoms with Gasteiger partial charge in [0.15, 0.2) is 0 Å². The van der Waals surface area contributed by atoms with E-state index < -0.39 is 8.32 Å². The smallest absolute Gasteiger partial charge is 0.261 e. The van der Waals surface area contributed by atoms with Gasteiger partial charge in [-0.3, -0.25) is 0 Å². The maximum atomic E-state index is 9.22. The number of hydrogen-bond donors (Lipinski definition) is 1. The molecule has 0 spiro atoms. The second-order valence-electron chi connectivity index (χ2n) is 8.77. The average Bonchev–Trinajstić information content (AvgIpc) is 2.65. The lowest BCUT2D eigenvalue weighted by Gasteiger charge is -2.43. The van der Waals surface area contributed by atoms with Gasteiger partial charge in [-0.15, -0.1) is 0 Å². The molecule has 0 aliphatic carbocycles. The molecule has 2 rings (SSSR count). The Kier molecular flexibility index (Phi) is 7.84. The van der Waals surface area contributed by atoms with Gasteiger partial charge in [-0.05, 0) is 40.1 Å². The van der Waals surface area contributed by atoms with Gasteiger partial charge in [0.1, 0.15) is 0 Å². The van der Waals surface area contributed by atoms with E-state index in [1.165, 1.54) is 10.4 Å². The zero-order chi connectivity index (χ0) is 19.9. The van der Waals surface area contributed by atoms with Crippen LogP contribution in [-0.4, -0.2) is 26.6 Å². The summed E-state index contributed by atoms with van der Waals surface area (Å²) in [5.41, 5.74) is 0. The van der Waals surface area contributed by atoms with E-state index in [9.17, 15) is 5.11 Å². The summed E-state index contributed by atoms with van der Waals surface area (Å²) in [7, 11) is -2.42. The van der Waals surface area contributed by atoms with E-state index in [1.807, 2.05) is 0 Å². The molecule has 3 heteroatoms. The maximum Gasteiger partial charge on any atom is 0.261 e. The van der Waals surface area contributed by atoms with Crippen molar-refractivity contribution in [2.75, 3.05) is 13.2 Å². The van der Waals surface area contributed by atoms with Crippen molar-refractivity contribution in [2.24, 2.45) is 11.8 Å². The van der Waals surface area contributed by atoms with Crippen LogP contribution >= 0.6 is 0 Å². The average molecular weight is 385 g/mol. The van der Waals surface area contributed by atoms with E-state index in [4.69, 9.17) is 4.43 Å². The maximum absolute atomic E-state index is 9.22. The molecule has 0 aliphatic rings. The molecular formula is C24H36O2Si. The number of hydrogen-bond acceptors (Lipinski definition) is 2. The van der Waals surface area contributed by atoms with E-state index in [-0.39, 0.29) is 11.6 Å². The Morgan fingerprint density at radius 3 is 1.67 bits per heavy atom. The summed E-state index contributed by atoms with van der Waals surface area (Å²) >= 11 is 0. The van der Waals surface area contributed by atoms with Gasteiger partial charge < -0.3 is 9.53 Å². The molecule has 0 heterocycles. The fourth-order valence-corrected chi connectivity index (χ4v) is 8.51. The fraction of sp³-hybridized carbons (Fsp3) is 0.500. The summed E-state index contributed by atoms with van der Waals surface area (Å²) < 4.78 is 6.94. The van der Waals surface area contributed by atoms with Crippen molar-refractivity contribution in [3.63, 3.8) is 0 Å². The van der Waals surface area contributed by atoms with Crippen LogP contribution in [0.4, 0.5) is 0 Å². The lowest BCUT2D eigenvalue weighted by atomic mass is 9.91. The van der Waals surface area contributed by atoms with Gasteiger partial charge >= 0.3 is 0 Å². The van der Waals surface area contributed by atoms with E-state index >= 15 is 0 Å². The zero-order valence-electron chi connectivity index (χ0n) is 17.6. The molecule has 2 nitrogen and oxygen atoms in total. The van der Waals surface area contributed by atoms with Gasteiger partial charge in [-0.1, -0.05) is 95.3 Å². The molecule has 2 atom stereocenters. The van der Waals surface area contributed by atoms with Gasteiger partial charge in [-0.25, -0.2) is 0 Å². The van der Waals surface area contributed by atoms with Crippen LogP contribution in [0.25, 0.3) is 0 Å². The summed E-state index contributed by atoms with van der Waals surface area (Å²) in [6.07, 6.45) is 1.88. The molecule has 2 aromatic rings. The van der Waals surface area contributed by atoms with Gasteiger partial charge in [0.25, 0.3) is 8.32 Å². The quantitative estimate of drug-likeness (QED) is 0.640. The normalized spacial score (nSPS) is 14.7. The summed E-state index contributed by atoms with van der Waals surface area (Å²) in [4.78, 5) is 0. The Bertz CT molecular complexity index is 624. The van der Waals surface area contributed by atoms with Gasteiger partial charge in [0.05, 0.1) is 0 Å². The van der Waals surface area contributed by atoms with Crippen LogP contribution in [0.1, 0.15) is 47.5 Å². The molecule has 1 N–H and O–H groups in total. The van der Waals surface area contributed by atoms with Crippen LogP contribution in [0.2, 0.25) is 5.04 Å². The van der Waals surface area contributed by atoms with Crippen molar-refractivity contribution >= 4 is 18.7 Å². The molecule has 0 aromatic heterocycles. The molecule has 0 bridgehead atoms. The molecular weight excluding hydrogens is 348 g/mol. The second-order valence-corrected chi connectivity index (χ2v) is 13.1. The third kappa shape index (κ3) is 5.10. The summed E-state index contributed by atoms with van der Waals surface area (Å²) in [6, 6.07) is 21.6. The van der Waals surface area contributed by atoms with Crippen molar-refractivity contribution < 1.29 is 9.53 Å². The minimum Gasteiger partial charge on any atom is -0.407 e. The van der Waals surface area contributed by atoms with Gasteiger partial charge in [-0.2, -0.15) is 0 Å². The van der Waals surface area contributed by atoms with Crippen LogP contribution in [0, 0.1) is 11.8 Å². The summed E-state index contributed by atoms with van der Waals surface area (Å²) in [5.74, 6) is 1.05. The van der Waals surface area contributed by atoms with Crippen molar-refractivity contribution in [1.29, 1.82) is 0 Å². The predicted molar refractivity (Wildman–Crippen MR) is 118 cm³/mol. The Morgan fingerprint density at radius 1 is 0.815 bits per heavy atom. The summed E-state index contributed by atoms with van der Waals surface area (Å²) in [5, 5.41) is 11.9. The monoisotopic (exact) mass is 384 g/mol. The highest BCUT2D eigenvalue weighted by molar-refractivity contribution is 6.99. The van der Waals surface area contributed by atoms with Gasteiger partial charge in [0.2, 0.25) is 0 Å². The molecule has 0 saturated carbocycles. The molecule has 0 radical (unpaired) electrons. The Morgan fingerprint density at radius 2 is 1.26 bits per heavy atom. The highest BCUT2D eigenvalue weighted by Crippen LogP contribution is 2.37. The van der Waals surface area contributed by atoms with Crippen LogP contribution in [0.5, 0.6) is 0 Å². The number of benzene rings is 2. The first-order valence-corrected chi connectivity index (χ1v) is 12.1. The van der Waals surface area contributed by atoms with Crippen molar-refractivity contribution in [3.8, 4) is 0 Å². The fourth-order valence-electron chi connectivity index (χ4n) is 3.93. The molecule has 0 amide bonds. The minimum atomic E-state index is -2.42. The molecule has 148 valence electrons. The lowest BCUT2D eigenvalue weighted by molar-refractivity contribution is 0.204. The molecule has 0 unspecified atom stereocenters. The first-order valence-electron chi connectivity index (χ1n) is 10.2. The largest absolute Gasteiger partial charge is 0.407 e. The van der Waals surface area contributed by atoms with Crippen LogP contribution in [0.15, 0.2) is 60.7 Å². The summed E-state index contributed by atoms with van der Waals surface area (Å²) in [6.45, 7) is 12.5. The number of aliphatic hydroxyl groups is 1. The molecule has 27 heavy (non-hydrogen) atoms. The Labute approximate surface area is 166 Å². The van der Waals surface area contributed by atoms with Crippen LogP contribution in [0.3, 0.4) is 0 Å². The standard InChI is InChI=1S/C24H36O2Si/c1-20(16-18-25)21(2)17-19-26-27(24(3,4)5,22-12-8-6-9-13-22)23-14-10-7-11-15-23/h6-15,20-21,25H,16-19H2,1-5H3/t20-,21-/m0/s1. The number of aliphatic hydroxyl groups excluding tert-OH is 1. The second kappa shape index (κ2) is 9.68. The molecule has 0 fully saturated rings.